The molecule has 51 heavy (non-hydrogen) atoms. The quantitative estimate of drug-likeness (QED) is 0.104. The first-order chi connectivity index (χ1) is 24.6. The molecule has 6 aromatic carbocycles. The average molecular weight is 679 g/mol. The summed E-state index contributed by atoms with van der Waals surface area (Å²) < 4.78 is 13.6. The number of hydrogen-bond donors (Lipinski definition) is 4. The van der Waals surface area contributed by atoms with Gasteiger partial charge in [0.1, 0.15) is 11.5 Å². The van der Waals surface area contributed by atoms with Crippen molar-refractivity contribution in [1.29, 1.82) is 0 Å². The Labute approximate surface area is 290 Å². The molecule has 6 aromatic rings. The fourth-order valence-electron chi connectivity index (χ4n) is 6.33. The van der Waals surface area contributed by atoms with Crippen LogP contribution >= 0.6 is 0 Å². The van der Waals surface area contributed by atoms with Gasteiger partial charge in [-0.2, -0.15) is 0 Å². The molecule has 0 amide bonds. The smallest absolute Gasteiger partial charge is 0.336 e. The van der Waals surface area contributed by atoms with E-state index in [0.717, 1.165) is 22.3 Å². The molecule has 7 rings (SSSR count). The Morgan fingerprint density at radius 2 is 0.725 bits per heavy atom. The minimum Gasteiger partial charge on any atom is -0.478 e. The molecule has 1 aliphatic carbocycles. The average Bonchev–Trinajstić information content (AvgIpc) is 3.40. The number of hydrogen-bond acceptors (Lipinski definition) is 6. The standard InChI is InChI=1S/C41H26O10/c42-37(43)31-19-13-25(21-33(31)39(46)47)23-9-15-27(16-10-23)50-41(35-7-3-1-5-29(35)30-6-2-4-8-36(30)41)51-28-17-11-24(12-18-28)26-14-20-32(38(44)45)34(22-26)40(48)49/h1-22H,(H,42,43)(H,44,45)(H,46,47)(H,48,49). The molecule has 0 spiro atoms. The number of aromatic carboxylic acids is 4. The van der Waals surface area contributed by atoms with E-state index in [9.17, 15) is 39.6 Å². The van der Waals surface area contributed by atoms with Crippen molar-refractivity contribution in [3.05, 3.63) is 167 Å². The number of carboxylic acid groups (broad SMARTS) is 4. The third-order valence-electron chi connectivity index (χ3n) is 8.71. The van der Waals surface area contributed by atoms with Gasteiger partial charge in [0.25, 0.3) is 0 Å². The maximum atomic E-state index is 11.8. The number of ether oxygens (including phenoxy) is 2. The van der Waals surface area contributed by atoms with Gasteiger partial charge in [0.2, 0.25) is 0 Å². The Balaban J connectivity index is 1.26. The maximum Gasteiger partial charge on any atom is 0.336 e. The molecule has 0 aliphatic heterocycles. The lowest BCUT2D eigenvalue weighted by Crippen LogP contribution is -2.39. The monoisotopic (exact) mass is 678 g/mol. The molecular formula is C41H26O10. The fraction of sp³-hybridized carbons (Fsp3) is 0.0244. The van der Waals surface area contributed by atoms with Crippen LogP contribution in [0, 0.1) is 0 Å². The summed E-state index contributed by atoms with van der Waals surface area (Å²) >= 11 is 0. The molecule has 10 heteroatoms. The van der Waals surface area contributed by atoms with Crippen LogP contribution in [0.3, 0.4) is 0 Å². The molecule has 0 radical (unpaired) electrons. The molecule has 0 bridgehead atoms. The van der Waals surface area contributed by atoms with Crippen LogP contribution in [0.4, 0.5) is 0 Å². The molecule has 0 atom stereocenters. The highest BCUT2D eigenvalue weighted by molar-refractivity contribution is 6.03. The number of benzene rings is 6. The highest BCUT2D eigenvalue weighted by Gasteiger charge is 2.48. The zero-order chi connectivity index (χ0) is 35.9. The van der Waals surface area contributed by atoms with E-state index in [-0.39, 0.29) is 22.3 Å². The SMILES string of the molecule is O=C(O)c1ccc(-c2ccc(OC3(Oc4ccc(-c5ccc(C(=O)O)c(C(=O)O)c5)cc4)c4ccccc4-c4ccccc43)cc2)cc1C(=O)O. The zero-order valence-electron chi connectivity index (χ0n) is 26.4. The number of fused-ring (bicyclic) bond motifs is 3. The first kappa shape index (κ1) is 32.4. The van der Waals surface area contributed by atoms with Gasteiger partial charge in [-0.05, 0) is 81.9 Å². The Hall–Kier alpha value is -7.20. The van der Waals surface area contributed by atoms with Crippen LogP contribution in [-0.4, -0.2) is 44.3 Å². The van der Waals surface area contributed by atoms with Gasteiger partial charge in [0, 0.05) is 11.1 Å². The van der Waals surface area contributed by atoms with Crippen LogP contribution in [0.2, 0.25) is 0 Å². The normalized spacial score (nSPS) is 12.3. The van der Waals surface area contributed by atoms with Crippen molar-refractivity contribution in [2.75, 3.05) is 0 Å². The molecule has 0 fully saturated rings. The summed E-state index contributed by atoms with van der Waals surface area (Å²) in [5, 5.41) is 38.0. The summed E-state index contributed by atoms with van der Waals surface area (Å²) in [4.78, 5) is 46.6. The molecule has 10 nitrogen and oxygen atoms in total. The first-order valence-corrected chi connectivity index (χ1v) is 15.6. The second-order valence-corrected chi connectivity index (χ2v) is 11.7. The Morgan fingerprint density at radius 3 is 1.08 bits per heavy atom. The Bertz CT molecular complexity index is 2210. The number of carboxylic acids is 4. The highest BCUT2D eigenvalue weighted by Crippen LogP contribution is 2.50. The van der Waals surface area contributed by atoms with Crippen LogP contribution in [-0.2, 0) is 5.79 Å². The van der Waals surface area contributed by atoms with Crippen molar-refractivity contribution < 1.29 is 49.1 Å². The van der Waals surface area contributed by atoms with E-state index in [4.69, 9.17) is 9.47 Å². The van der Waals surface area contributed by atoms with Gasteiger partial charge in [-0.1, -0.05) is 84.9 Å². The predicted octanol–water partition coefficient (Wildman–Crippen LogP) is 8.15. The topological polar surface area (TPSA) is 168 Å². The lowest BCUT2D eigenvalue weighted by atomic mass is 9.98. The summed E-state index contributed by atoms with van der Waals surface area (Å²) in [6.45, 7) is 0. The van der Waals surface area contributed by atoms with Crippen molar-refractivity contribution in [3.8, 4) is 44.9 Å². The molecule has 0 unspecified atom stereocenters. The molecule has 250 valence electrons. The van der Waals surface area contributed by atoms with Gasteiger partial charge < -0.3 is 29.9 Å². The summed E-state index contributed by atoms with van der Waals surface area (Å²) in [7, 11) is 0. The third-order valence-corrected chi connectivity index (χ3v) is 8.71. The molecule has 0 heterocycles. The molecular weight excluding hydrogens is 652 g/mol. The highest BCUT2D eigenvalue weighted by atomic mass is 16.7. The Morgan fingerprint density at radius 1 is 0.392 bits per heavy atom. The van der Waals surface area contributed by atoms with Crippen LogP contribution in [0.15, 0.2) is 133 Å². The van der Waals surface area contributed by atoms with Gasteiger partial charge in [0.15, 0.2) is 0 Å². The summed E-state index contributed by atoms with van der Waals surface area (Å²) in [6.07, 6.45) is 0. The molecule has 0 saturated heterocycles. The van der Waals surface area contributed by atoms with Crippen LogP contribution in [0.1, 0.15) is 52.6 Å². The first-order valence-electron chi connectivity index (χ1n) is 15.6. The second-order valence-electron chi connectivity index (χ2n) is 11.7. The van der Waals surface area contributed by atoms with Crippen LogP contribution in [0.25, 0.3) is 33.4 Å². The van der Waals surface area contributed by atoms with Gasteiger partial charge >= 0.3 is 29.7 Å². The lowest BCUT2D eigenvalue weighted by Gasteiger charge is -2.33. The lowest BCUT2D eigenvalue weighted by molar-refractivity contribution is -0.0806. The number of rotatable bonds is 10. The molecule has 0 saturated carbocycles. The second kappa shape index (κ2) is 12.7. The maximum absolute atomic E-state index is 11.8. The summed E-state index contributed by atoms with van der Waals surface area (Å²) in [6, 6.07) is 37.6. The van der Waals surface area contributed by atoms with Crippen molar-refractivity contribution >= 4 is 23.9 Å². The van der Waals surface area contributed by atoms with Gasteiger partial charge in [-0.25, -0.2) is 19.2 Å². The molecule has 0 aromatic heterocycles. The van der Waals surface area contributed by atoms with Crippen LogP contribution < -0.4 is 9.47 Å². The molecule has 1 aliphatic rings. The summed E-state index contributed by atoms with van der Waals surface area (Å²) in [5.41, 5.74) is 4.39. The van der Waals surface area contributed by atoms with Gasteiger partial charge in [-0.3, -0.25) is 0 Å². The van der Waals surface area contributed by atoms with Gasteiger partial charge in [-0.15, -0.1) is 0 Å². The minimum absolute atomic E-state index is 0.307. The largest absolute Gasteiger partial charge is 0.478 e. The molecule has 4 N–H and O–H groups in total. The zero-order valence-corrected chi connectivity index (χ0v) is 26.4. The van der Waals surface area contributed by atoms with Crippen molar-refractivity contribution in [3.63, 3.8) is 0 Å². The fourth-order valence-corrected chi connectivity index (χ4v) is 6.33. The van der Waals surface area contributed by atoms with Crippen molar-refractivity contribution in [2.24, 2.45) is 0 Å². The minimum atomic E-state index is -1.45. The number of carbonyl (C=O) groups is 4. The van der Waals surface area contributed by atoms with E-state index in [1.54, 1.807) is 60.7 Å². The van der Waals surface area contributed by atoms with E-state index in [1.165, 1.54) is 24.3 Å². The van der Waals surface area contributed by atoms with E-state index in [2.05, 4.69) is 0 Å². The van der Waals surface area contributed by atoms with E-state index in [1.807, 2.05) is 48.5 Å². The van der Waals surface area contributed by atoms with E-state index in [0.29, 0.717) is 33.8 Å². The van der Waals surface area contributed by atoms with Crippen LogP contribution in [0.5, 0.6) is 11.5 Å². The van der Waals surface area contributed by atoms with Crippen molar-refractivity contribution in [1.82, 2.24) is 0 Å². The summed E-state index contributed by atoms with van der Waals surface area (Å²) in [5.74, 6) is -5.94. The van der Waals surface area contributed by atoms with Crippen molar-refractivity contribution in [2.45, 2.75) is 5.79 Å². The third kappa shape index (κ3) is 5.80. The van der Waals surface area contributed by atoms with E-state index >= 15 is 0 Å². The van der Waals surface area contributed by atoms with Gasteiger partial charge in [0.05, 0.1) is 22.3 Å². The Kier molecular flexibility index (Phi) is 8.04. The predicted molar refractivity (Wildman–Crippen MR) is 186 cm³/mol. The van der Waals surface area contributed by atoms with E-state index < -0.39 is 29.7 Å².